The van der Waals surface area contributed by atoms with Gasteiger partial charge in [-0.1, -0.05) is 6.58 Å². The molecule has 0 unspecified atom stereocenters. The van der Waals surface area contributed by atoms with Crippen LogP contribution in [0, 0.1) is 0 Å². The first kappa shape index (κ1) is 8.39. The number of ketones is 1. The number of amides is 2. The predicted molar refractivity (Wildman–Crippen MR) is 41.1 cm³/mol. The van der Waals surface area contributed by atoms with Crippen LogP contribution in [0.1, 0.15) is 0 Å². The van der Waals surface area contributed by atoms with Gasteiger partial charge in [-0.3, -0.25) is 19.3 Å². The van der Waals surface area contributed by atoms with Gasteiger partial charge in [0.1, 0.15) is 0 Å². The van der Waals surface area contributed by atoms with Crippen LogP contribution in [0.5, 0.6) is 0 Å². The summed E-state index contributed by atoms with van der Waals surface area (Å²) in [6.07, 6.45) is 2.03. The van der Waals surface area contributed by atoms with Crippen LogP contribution in [0.3, 0.4) is 0 Å². The van der Waals surface area contributed by atoms with E-state index in [0.717, 1.165) is 17.1 Å². The average molecular weight is 165 g/mol. The summed E-state index contributed by atoms with van der Waals surface area (Å²) in [5, 5.41) is 0. The Hall–Kier alpha value is -1.71. The average Bonchev–Trinajstić information content (AvgIpc) is 2.32. The highest BCUT2D eigenvalue weighted by Gasteiger charge is 2.30. The monoisotopic (exact) mass is 165 g/mol. The van der Waals surface area contributed by atoms with Crippen LogP contribution in [0.2, 0.25) is 0 Å². The quantitative estimate of drug-likeness (QED) is 0.320. The van der Waals surface area contributed by atoms with Gasteiger partial charge < -0.3 is 0 Å². The molecule has 0 aliphatic carbocycles. The molecule has 0 saturated heterocycles. The largest absolute Gasteiger partial charge is 0.289 e. The van der Waals surface area contributed by atoms with Crippen LogP contribution in [0.25, 0.3) is 0 Å². The number of nitrogens with zero attached hydrogens (tertiary/aromatic N) is 1. The highest BCUT2D eigenvalue weighted by atomic mass is 16.2. The topological polar surface area (TPSA) is 54.5 Å². The molecule has 4 nitrogen and oxygen atoms in total. The van der Waals surface area contributed by atoms with E-state index in [-0.39, 0.29) is 5.57 Å². The van der Waals surface area contributed by atoms with Gasteiger partial charge in [-0.2, -0.15) is 0 Å². The molecule has 62 valence electrons. The van der Waals surface area contributed by atoms with Gasteiger partial charge in [-0.05, 0) is 6.08 Å². The number of allylic oxidation sites excluding steroid dienone is 1. The lowest BCUT2D eigenvalue weighted by Crippen LogP contribution is -2.27. The third-order valence-electron chi connectivity index (χ3n) is 1.58. The maximum absolute atomic E-state index is 11.1. The molecule has 0 aromatic carbocycles. The lowest BCUT2D eigenvalue weighted by molar-refractivity contribution is -0.135. The number of carbonyl (C=O) groups is 3. The maximum atomic E-state index is 11.1. The zero-order valence-corrected chi connectivity index (χ0v) is 6.53. The van der Waals surface area contributed by atoms with Crippen LogP contribution in [-0.4, -0.2) is 29.5 Å². The summed E-state index contributed by atoms with van der Waals surface area (Å²) in [4.78, 5) is 33.8. The van der Waals surface area contributed by atoms with Crippen LogP contribution >= 0.6 is 0 Å². The normalized spacial score (nSPS) is 16.4. The summed E-state index contributed by atoms with van der Waals surface area (Å²) in [6.45, 7) is 3.22. The fraction of sp³-hybridized carbons (Fsp3) is 0.125. The van der Waals surface area contributed by atoms with Crippen molar-refractivity contribution in [1.29, 1.82) is 0 Å². The van der Waals surface area contributed by atoms with Gasteiger partial charge in [0.25, 0.3) is 11.8 Å². The predicted octanol–water partition coefficient (Wildman–Crippen LogP) is -0.334. The van der Waals surface area contributed by atoms with Gasteiger partial charge in [-0.15, -0.1) is 0 Å². The molecule has 1 heterocycles. The van der Waals surface area contributed by atoms with Crippen molar-refractivity contribution < 1.29 is 14.4 Å². The molecule has 12 heavy (non-hydrogen) atoms. The van der Waals surface area contributed by atoms with E-state index in [1.165, 1.54) is 7.05 Å². The summed E-state index contributed by atoms with van der Waals surface area (Å²) in [5.41, 5.74) is -0.113. The molecular formula is C8H7NO3. The number of imide groups is 1. The summed E-state index contributed by atoms with van der Waals surface area (Å²) in [7, 11) is 1.32. The lowest BCUT2D eigenvalue weighted by atomic mass is 10.2. The second-order valence-corrected chi connectivity index (χ2v) is 2.33. The Morgan fingerprint density at radius 2 is 2.17 bits per heavy atom. The number of hydrogen-bond acceptors (Lipinski definition) is 3. The first-order valence-electron chi connectivity index (χ1n) is 3.28. The molecule has 0 spiro atoms. The summed E-state index contributed by atoms with van der Waals surface area (Å²) in [6, 6.07) is 0. The first-order valence-corrected chi connectivity index (χ1v) is 3.28. The second kappa shape index (κ2) is 2.73. The van der Waals surface area contributed by atoms with E-state index >= 15 is 0 Å². The third-order valence-corrected chi connectivity index (χ3v) is 1.58. The minimum absolute atomic E-state index is 0.113. The SMILES string of the molecule is C=CC(=O)C1=CC(=O)N(C)C1=O. The van der Waals surface area contributed by atoms with Gasteiger partial charge in [0.2, 0.25) is 0 Å². The molecule has 0 fully saturated rings. The number of carbonyl (C=O) groups excluding carboxylic acids is 3. The molecule has 0 N–H and O–H groups in total. The second-order valence-electron chi connectivity index (χ2n) is 2.33. The zero-order chi connectivity index (χ0) is 9.30. The van der Waals surface area contributed by atoms with Crippen LogP contribution in [-0.2, 0) is 14.4 Å². The number of rotatable bonds is 2. The van der Waals surface area contributed by atoms with E-state index in [0.29, 0.717) is 0 Å². The van der Waals surface area contributed by atoms with E-state index < -0.39 is 17.6 Å². The molecule has 0 atom stereocenters. The third kappa shape index (κ3) is 1.07. The van der Waals surface area contributed by atoms with Crippen molar-refractivity contribution in [2.45, 2.75) is 0 Å². The smallest absolute Gasteiger partial charge is 0.264 e. The summed E-state index contributed by atoms with van der Waals surface area (Å²) in [5.74, 6) is -1.55. The van der Waals surface area contributed by atoms with Crippen molar-refractivity contribution in [2.75, 3.05) is 7.05 Å². The van der Waals surface area contributed by atoms with Crippen molar-refractivity contribution >= 4 is 17.6 Å². The van der Waals surface area contributed by atoms with Crippen molar-refractivity contribution in [2.24, 2.45) is 0 Å². The minimum Gasteiger partial charge on any atom is -0.289 e. The van der Waals surface area contributed by atoms with Crippen molar-refractivity contribution in [3.8, 4) is 0 Å². The van der Waals surface area contributed by atoms with E-state index in [1.807, 2.05) is 0 Å². The molecule has 1 aliphatic rings. The Morgan fingerprint density at radius 1 is 1.58 bits per heavy atom. The van der Waals surface area contributed by atoms with E-state index in [1.54, 1.807) is 0 Å². The Balaban J connectivity index is 3.02. The molecule has 0 aromatic rings. The summed E-state index contributed by atoms with van der Waals surface area (Å²) >= 11 is 0. The van der Waals surface area contributed by atoms with Gasteiger partial charge in [0.15, 0.2) is 5.78 Å². The number of hydrogen-bond donors (Lipinski definition) is 0. The zero-order valence-electron chi connectivity index (χ0n) is 6.53. The molecule has 1 rings (SSSR count). The van der Waals surface area contributed by atoms with Gasteiger partial charge in [0, 0.05) is 13.1 Å². The van der Waals surface area contributed by atoms with E-state index in [2.05, 4.69) is 6.58 Å². The lowest BCUT2D eigenvalue weighted by Gasteiger charge is -2.04. The van der Waals surface area contributed by atoms with Crippen LogP contribution in [0.4, 0.5) is 0 Å². The Labute approximate surface area is 69.2 Å². The van der Waals surface area contributed by atoms with Crippen LogP contribution in [0.15, 0.2) is 24.3 Å². The molecule has 4 heteroatoms. The Morgan fingerprint density at radius 3 is 2.50 bits per heavy atom. The van der Waals surface area contributed by atoms with Crippen LogP contribution < -0.4 is 0 Å². The number of likely N-dealkylation sites (N-methyl/N-ethyl adjacent to an activating group) is 1. The van der Waals surface area contributed by atoms with E-state index in [9.17, 15) is 14.4 Å². The van der Waals surface area contributed by atoms with Crippen molar-refractivity contribution in [1.82, 2.24) is 4.90 Å². The highest BCUT2D eigenvalue weighted by Crippen LogP contribution is 2.11. The Kier molecular flexibility index (Phi) is 1.91. The molecule has 0 radical (unpaired) electrons. The Bertz CT molecular complexity index is 314. The molecule has 2 amide bonds. The molecule has 0 bridgehead atoms. The first-order chi connectivity index (χ1) is 5.57. The van der Waals surface area contributed by atoms with Crippen molar-refractivity contribution in [3.05, 3.63) is 24.3 Å². The maximum Gasteiger partial charge on any atom is 0.264 e. The standard InChI is InChI=1S/C8H7NO3/c1-3-6(10)5-4-7(11)9(2)8(5)12/h3-4H,1H2,2H3. The van der Waals surface area contributed by atoms with Gasteiger partial charge in [0.05, 0.1) is 5.57 Å². The highest BCUT2D eigenvalue weighted by molar-refractivity contribution is 6.32. The molecule has 0 aromatic heterocycles. The molecule has 1 aliphatic heterocycles. The molecular weight excluding hydrogens is 158 g/mol. The molecule has 0 saturated carbocycles. The minimum atomic E-state index is -0.565. The van der Waals surface area contributed by atoms with Gasteiger partial charge >= 0.3 is 0 Å². The van der Waals surface area contributed by atoms with Gasteiger partial charge in [-0.25, -0.2) is 0 Å². The van der Waals surface area contributed by atoms with Crippen molar-refractivity contribution in [3.63, 3.8) is 0 Å². The van der Waals surface area contributed by atoms with E-state index in [4.69, 9.17) is 0 Å². The fourth-order valence-corrected chi connectivity index (χ4v) is 0.849. The fourth-order valence-electron chi connectivity index (χ4n) is 0.849. The summed E-state index contributed by atoms with van der Waals surface area (Å²) < 4.78 is 0.